The van der Waals surface area contributed by atoms with Gasteiger partial charge in [-0.05, 0) is 37.8 Å². The number of carbonyl (C=O) groups is 1. The van der Waals surface area contributed by atoms with Crippen LogP contribution in [0.3, 0.4) is 0 Å². The second-order valence-electron chi connectivity index (χ2n) is 4.87. The van der Waals surface area contributed by atoms with Crippen molar-refractivity contribution in [3.05, 3.63) is 23.2 Å². The van der Waals surface area contributed by atoms with Crippen molar-refractivity contribution < 1.29 is 9.53 Å². The molecular formula is C14H19ClN2O2. The summed E-state index contributed by atoms with van der Waals surface area (Å²) in [5, 5.41) is 3.25. The number of hydrogen-bond donors (Lipinski definition) is 2. The van der Waals surface area contributed by atoms with E-state index in [0.717, 1.165) is 19.4 Å². The number of hydrogen-bond acceptors (Lipinski definition) is 3. The van der Waals surface area contributed by atoms with Crippen LogP contribution in [0, 0.1) is 5.92 Å². The molecular weight excluding hydrogens is 264 g/mol. The molecule has 2 rings (SSSR count). The normalized spacial score (nSPS) is 21.8. The van der Waals surface area contributed by atoms with E-state index >= 15 is 0 Å². The molecule has 3 N–H and O–H groups in total. The Hall–Kier alpha value is -1.26. The lowest BCUT2D eigenvalue weighted by atomic mass is 9.80. The molecule has 1 aliphatic rings. The quantitative estimate of drug-likeness (QED) is 0.816. The van der Waals surface area contributed by atoms with E-state index in [0.29, 0.717) is 34.8 Å². The van der Waals surface area contributed by atoms with Gasteiger partial charge < -0.3 is 15.8 Å². The van der Waals surface area contributed by atoms with Crippen LogP contribution in [0.15, 0.2) is 18.2 Å². The zero-order valence-electron chi connectivity index (χ0n) is 11.0. The van der Waals surface area contributed by atoms with Crippen LogP contribution in [0.2, 0.25) is 5.02 Å². The summed E-state index contributed by atoms with van der Waals surface area (Å²) in [5.41, 5.74) is 6.79. The predicted molar refractivity (Wildman–Crippen MR) is 77.2 cm³/mol. The second kappa shape index (κ2) is 6.26. The Morgan fingerprint density at radius 1 is 1.53 bits per heavy atom. The minimum atomic E-state index is -0.0419. The van der Waals surface area contributed by atoms with Crippen LogP contribution in [0.4, 0.5) is 11.4 Å². The van der Waals surface area contributed by atoms with Gasteiger partial charge >= 0.3 is 0 Å². The van der Waals surface area contributed by atoms with Crippen molar-refractivity contribution >= 4 is 28.9 Å². The van der Waals surface area contributed by atoms with Gasteiger partial charge in [-0.15, -0.1) is 0 Å². The summed E-state index contributed by atoms with van der Waals surface area (Å²) in [5.74, 6) is 0.361. The van der Waals surface area contributed by atoms with Crippen LogP contribution in [0.1, 0.15) is 26.2 Å². The SMILES string of the molecule is CCOC1CC(CC(=O)Nc2c(N)cccc2Cl)C1. The number of benzene rings is 1. The highest BCUT2D eigenvalue weighted by molar-refractivity contribution is 6.34. The maximum Gasteiger partial charge on any atom is 0.224 e. The Morgan fingerprint density at radius 3 is 2.89 bits per heavy atom. The van der Waals surface area contributed by atoms with E-state index < -0.39 is 0 Å². The number of anilines is 2. The van der Waals surface area contributed by atoms with Gasteiger partial charge in [0.1, 0.15) is 0 Å². The second-order valence-corrected chi connectivity index (χ2v) is 5.28. The Kier molecular flexibility index (Phi) is 4.66. The summed E-state index contributed by atoms with van der Waals surface area (Å²) in [4.78, 5) is 11.9. The maximum atomic E-state index is 11.9. The summed E-state index contributed by atoms with van der Waals surface area (Å²) >= 11 is 6.01. The van der Waals surface area contributed by atoms with Gasteiger partial charge in [-0.2, -0.15) is 0 Å². The van der Waals surface area contributed by atoms with Crippen LogP contribution < -0.4 is 11.1 Å². The molecule has 0 unspecified atom stereocenters. The van der Waals surface area contributed by atoms with Crippen molar-refractivity contribution in [2.75, 3.05) is 17.7 Å². The van der Waals surface area contributed by atoms with E-state index in [1.54, 1.807) is 18.2 Å². The van der Waals surface area contributed by atoms with E-state index in [1.807, 2.05) is 6.92 Å². The number of amides is 1. The first-order valence-electron chi connectivity index (χ1n) is 6.55. The van der Waals surface area contributed by atoms with E-state index in [9.17, 15) is 4.79 Å². The third-order valence-electron chi connectivity index (χ3n) is 3.38. The summed E-state index contributed by atoms with van der Waals surface area (Å²) in [7, 11) is 0. The number of ether oxygens (including phenoxy) is 1. The number of para-hydroxylation sites is 1. The Morgan fingerprint density at radius 2 is 2.26 bits per heavy atom. The molecule has 0 aliphatic heterocycles. The predicted octanol–water partition coefficient (Wildman–Crippen LogP) is 3.07. The summed E-state index contributed by atoms with van der Waals surface area (Å²) in [6.07, 6.45) is 2.74. The number of halogens is 1. The fourth-order valence-electron chi connectivity index (χ4n) is 2.34. The molecule has 0 atom stereocenters. The van der Waals surface area contributed by atoms with Crippen LogP contribution in [0.5, 0.6) is 0 Å². The summed E-state index contributed by atoms with van der Waals surface area (Å²) in [6, 6.07) is 5.18. The molecule has 4 nitrogen and oxygen atoms in total. The number of nitrogens with one attached hydrogen (secondary N) is 1. The molecule has 0 bridgehead atoms. The van der Waals surface area contributed by atoms with Crippen molar-refractivity contribution in [1.29, 1.82) is 0 Å². The standard InChI is InChI=1S/C14H19ClN2O2/c1-2-19-10-6-9(7-10)8-13(18)17-14-11(15)4-3-5-12(14)16/h3-5,9-10H,2,6-8,16H2,1H3,(H,17,18). The lowest BCUT2D eigenvalue weighted by Crippen LogP contribution is -2.34. The van der Waals surface area contributed by atoms with Crippen molar-refractivity contribution in [2.45, 2.75) is 32.3 Å². The average molecular weight is 283 g/mol. The Labute approximate surface area is 118 Å². The molecule has 0 radical (unpaired) electrons. The lowest BCUT2D eigenvalue weighted by Gasteiger charge is -2.34. The molecule has 1 aliphatic carbocycles. The largest absolute Gasteiger partial charge is 0.397 e. The van der Waals surface area contributed by atoms with Crippen LogP contribution in [0.25, 0.3) is 0 Å². The third-order valence-corrected chi connectivity index (χ3v) is 3.69. The third kappa shape index (κ3) is 3.61. The van der Waals surface area contributed by atoms with E-state index in [4.69, 9.17) is 22.1 Å². The fourth-order valence-corrected chi connectivity index (χ4v) is 2.57. The zero-order valence-corrected chi connectivity index (χ0v) is 11.7. The van der Waals surface area contributed by atoms with Gasteiger partial charge in [0.15, 0.2) is 0 Å². The number of carbonyl (C=O) groups excluding carboxylic acids is 1. The van der Waals surface area contributed by atoms with E-state index in [1.165, 1.54) is 0 Å². The molecule has 1 aromatic carbocycles. The van der Waals surface area contributed by atoms with Crippen molar-refractivity contribution in [3.63, 3.8) is 0 Å². The van der Waals surface area contributed by atoms with E-state index in [-0.39, 0.29) is 5.91 Å². The zero-order chi connectivity index (χ0) is 13.8. The number of rotatable bonds is 5. The van der Waals surface area contributed by atoms with Crippen LogP contribution in [-0.4, -0.2) is 18.6 Å². The van der Waals surface area contributed by atoms with Gasteiger partial charge in [-0.25, -0.2) is 0 Å². The van der Waals surface area contributed by atoms with Crippen molar-refractivity contribution in [2.24, 2.45) is 5.92 Å². The highest BCUT2D eigenvalue weighted by Gasteiger charge is 2.31. The summed E-state index contributed by atoms with van der Waals surface area (Å²) in [6.45, 7) is 2.72. The maximum absolute atomic E-state index is 11.9. The molecule has 104 valence electrons. The molecule has 1 fully saturated rings. The highest BCUT2D eigenvalue weighted by Crippen LogP contribution is 2.34. The average Bonchev–Trinajstić information content (AvgIpc) is 2.31. The van der Waals surface area contributed by atoms with E-state index in [2.05, 4.69) is 5.32 Å². The van der Waals surface area contributed by atoms with Crippen LogP contribution >= 0.6 is 11.6 Å². The highest BCUT2D eigenvalue weighted by atomic mass is 35.5. The van der Waals surface area contributed by atoms with Gasteiger partial charge in [-0.1, -0.05) is 17.7 Å². The first-order chi connectivity index (χ1) is 9.10. The first kappa shape index (κ1) is 14.2. The lowest BCUT2D eigenvalue weighted by molar-refractivity contribution is -0.119. The Bertz CT molecular complexity index is 439. The molecule has 1 amide bonds. The number of nitrogens with two attached hydrogens (primary N) is 1. The molecule has 19 heavy (non-hydrogen) atoms. The minimum absolute atomic E-state index is 0.0419. The van der Waals surface area contributed by atoms with Crippen molar-refractivity contribution in [3.8, 4) is 0 Å². The monoisotopic (exact) mass is 282 g/mol. The molecule has 0 spiro atoms. The molecule has 0 heterocycles. The summed E-state index contributed by atoms with van der Waals surface area (Å²) < 4.78 is 5.47. The smallest absolute Gasteiger partial charge is 0.224 e. The van der Waals surface area contributed by atoms with Gasteiger partial charge in [0.2, 0.25) is 5.91 Å². The van der Waals surface area contributed by atoms with Crippen LogP contribution in [-0.2, 0) is 9.53 Å². The molecule has 1 saturated carbocycles. The van der Waals surface area contributed by atoms with Crippen molar-refractivity contribution in [1.82, 2.24) is 0 Å². The van der Waals surface area contributed by atoms with Gasteiger partial charge in [0.25, 0.3) is 0 Å². The number of nitrogen functional groups attached to an aromatic ring is 1. The molecule has 0 saturated heterocycles. The molecule has 5 heteroatoms. The molecule has 0 aromatic heterocycles. The molecule has 1 aromatic rings. The minimum Gasteiger partial charge on any atom is -0.397 e. The van der Waals surface area contributed by atoms with Gasteiger partial charge in [0, 0.05) is 13.0 Å². The topological polar surface area (TPSA) is 64.3 Å². The first-order valence-corrected chi connectivity index (χ1v) is 6.93. The fraction of sp³-hybridized carbons (Fsp3) is 0.500. The Balaban J connectivity index is 1.82. The van der Waals surface area contributed by atoms with Gasteiger partial charge in [-0.3, -0.25) is 4.79 Å². The van der Waals surface area contributed by atoms with Gasteiger partial charge in [0.05, 0.1) is 22.5 Å².